The van der Waals surface area contributed by atoms with Crippen molar-refractivity contribution >= 4 is 31.9 Å². The lowest BCUT2D eigenvalue weighted by Crippen LogP contribution is -2.19. The minimum absolute atomic E-state index is 0.269. The maximum Gasteiger partial charge on any atom is 0.0410 e. The summed E-state index contributed by atoms with van der Waals surface area (Å²) in [6.07, 6.45) is 4.63. The molecule has 1 heterocycles. The molecule has 4 heteroatoms. The molecule has 0 aliphatic carbocycles. The number of halogens is 2. The topological polar surface area (TPSA) is 24.9 Å². The number of aryl methyl sites for hydroxylation is 1. The summed E-state index contributed by atoms with van der Waals surface area (Å²) in [6, 6.07) is 8.82. The predicted octanol–water partition coefficient (Wildman–Crippen LogP) is 4.42. The predicted molar refractivity (Wildman–Crippen MR) is 86.3 cm³/mol. The molecule has 1 aromatic heterocycles. The lowest BCUT2D eigenvalue weighted by molar-refractivity contribution is 0.588. The molecular formula is C15H16Br2N2. The fraction of sp³-hybridized carbons (Fsp3) is 0.267. The maximum atomic E-state index is 4.22. The van der Waals surface area contributed by atoms with Crippen LogP contribution in [0.4, 0.5) is 0 Å². The molecule has 0 saturated heterocycles. The molecule has 1 atom stereocenters. The SMILES string of the molecule is CNC(Cc1cncc(Br)c1)c1cc(C)ccc1Br. The zero-order valence-corrected chi connectivity index (χ0v) is 14.1. The van der Waals surface area contributed by atoms with E-state index < -0.39 is 0 Å². The number of pyridine rings is 1. The standard InChI is InChI=1S/C15H16Br2N2/c1-10-3-4-14(17)13(5-10)15(18-2)7-11-6-12(16)9-19-8-11/h3-6,8-9,15,18H,7H2,1-2H3. The number of benzene rings is 1. The smallest absolute Gasteiger partial charge is 0.0410 e. The second-order valence-electron chi connectivity index (χ2n) is 4.58. The number of aromatic nitrogens is 1. The summed E-state index contributed by atoms with van der Waals surface area (Å²) in [5.41, 5.74) is 3.76. The second-order valence-corrected chi connectivity index (χ2v) is 6.35. The van der Waals surface area contributed by atoms with Crippen LogP contribution in [0.25, 0.3) is 0 Å². The molecule has 2 rings (SSSR count). The third kappa shape index (κ3) is 3.88. The average Bonchev–Trinajstić information content (AvgIpc) is 2.39. The monoisotopic (exact) mass is 382 g/mol. The van der Waals surface area contributed by atoms with Gasteiger partial charge in [0.1, 0.15) is 0 Å². The van der Waals surface area contributed by atoms with Crippen molar-refractivity contribution in [3.8, 4) is 0 Å². The van der Waals surface area contributed by atoms with Gasteiger partial charge in [0.15, 0.2) is 0 Å². The van der Waals surface area contributed by atoms with Gasteiger partial charge in [-0.25, -0.2) is 0 Å². The molecule has 0 bridgehead atoms. The van der Waals surface area contributed by atoms with Gasteiger partial charge in [-0.05, 0) is 59.6 Å². The molecule has 0 amide bonds. The molecule has 0 saturated carbocycles. The van der Waals surface area contributed by atoms with Gasteiger partial charge in [-0.1, -0.05) is 33.6 Å². The van der Waals surface area contributed by atoms with E-state index in [2.05, 4.69) is 73.3 Å². The lowest BCUT2D eigenvalue weighted by atomic mass is 9.98. The summed E-state index contributed by atoms with van der Waals surface area (Å²) >= 11 is 7.10. The summed E-state index contributed by atoms with van der Waals surface area (Å²) in [5.74, 6) is 0. The maximum absolute atomic E-state index is 4.22. The first-order chi connectivity index (χ1) is 9.10. The first-order valence-electron chi connectivity index (χ1n) is 6.13. The molecule has 0 aliphatic rings. The molecule has 0 aliphatic heterocycles. The Hall–Kier alpha value is -0.710. The largest absolute Gasteiger partial charge is 0.313 e. The van der Waals surface area contributed by atoms with E-state index in [1.807, 2.05) is 13.2 Å². The van der Waals surface area contributed by atoms with Crippen molar-refractivity contribution < 1.29 is 0 Å². The van der Waals surface area contributed by atoms with Crippen molar-refractivity contribution in [1.29, 1.82) is 0 Å². The van der Waals surface area contributed by atoms with Gasteiger partial charge < -0.3 is 5.32 Å². The van der Waals surface area contributed by atoms with Gasteiger partial charge in [-0.2, -0.15) is 0 Å². The number of nitrogens with one attached hydrogen (secondary N) is 1. The average molecular weight is 384 g/mol. The van der Waals surface area contributed by atoms with E-state index in [1.54, 1.807) is 6.20 Å². The van der Waals surface area contributed by atoms with E-state index in [9.17, 15) is 0 Å². The van der Waals surface area contributed by atoms with Crippen LogP contribution >= 0.6 is 31.9 Å². The molecule has 0 spiro atoms. The van der Waals surface area contributed by atoms with E-state index in [4.69, 9.17) is 0 Å². The van der Waals surface area contributed by atoms with Gasteiger partial charge in [-0.15, -0.1) is 0 Å². The van der Waals surface area contributed by atoms with Crippen LogP contribution in [0.15, 0.2) is 45.6 Å². The minimum atomic E-state index is 0.269. The summed E-state index contributed by atoms with van der Waals surface area (Å²) in [7, 11) is 1.99. The van der Waals surface area contributed by atoms with Crippen molar-refractivity contribution in [3.05, 3.63) is 62.3 Å². The number of nitrogens with zero attached hydrogens (tertiary/aromatic N) is 1. The van der Waals surface area contributed by atoms with Crippen molar-refractivity contribution in [2.45, 2.75) is 19.4 Å². The molecule has 19 heavy (non-hydrogen) atoms. The van der Waals surface area contributed by atoms with Gasteiger partial charge in [0, 0.05) is 27.4 Å². The van der Waals surface area contributed by atoms with Crippen molar-refractivity contribution in [3.63, 3.8) is 0 Å². The van der Waals surface area contributed by atoms with E-state index in [-0.39, 0.29) is 6.04 Å². The Morgan fingerprint density at radius 2 is 2.00 bits per heavy atom. The molecule has 1 unspecified atom stereocenters. The Kier molecular flexibility index (Phi) is 5.13. The molecule has 2 aromatic rings. The second kappa shape index (κ2) is 6.64. The van der Waals surface area contributed by atoms with Crippen molar-refractivity contribution in [2.75, 3.05) is 7.05 Å². The Labute approximate surface area is 130 Å². The molecule has 1 N–H and O–H groups in total. The zero-order chi connectivity index (χ0) is 13.8. The van der Waals surface area contributed by atoms with Crippen molar-refractivity contribution in [2.24, 2.45) is 0 Å². The normalized spacial score (nSPS) is 12.4. The van der Waals surface area contributed by atoms with Gasteiger partial charge in [-0.3, -0.25) is 4.98 Å². The van der Waals surface area contributed by atoms with Crippen LogP contribution < -0.4 is 5.32 Å². The fourth-order valence-electron chi connectivity index (χ4n) is 2.10. The molecule has 0 radical (unpaired) electrons. The lowest BCUT2D eigenvalue weighted by Gasteiger charge is -2.19. The van der Waals surface area contributed by atoms with Crippen LogP contribution in [0.2, 0.25) is 0 Å². The van der Waals surface area contributed by atoms with Crippen LogP contribution in [0.3, 0.4) is 0 Å². The summed E-state index contributed by atoms with van der Waals surface area (Å²) < 4.78 is 2.16. The molecule has 2 nitrogen and oxygen atoms in total. The van der Waals surface area contributed by atoms with E-state index in [1.165, 1.54) is 16.7 Å². The number of hydrogen-bond donors (Lipinski definition) is 1. The Morgan fingerprint density at radius 3 is 2.68 bits per heavy atom. The highest BCUT2D eigenvalue weighted by molar-refractivity contribution is 9.10. The van der Waals surface area contributed by atoms with Crippen LogP contribution in [-0.4, -0.2) is 12.0 Å². The Balaban J connectivity index is 2.27. The quantitative estimate of drug-likeness (QED) is 0.845. The highest BCUT2D eigenvalue weighted by Gasteiger charge is 2.14. The fourth-order valence-corrected chi connectivity index (χ4v) is 3.04. The molecular weight excluding hydrogens is 368 g/mol. The summed E-state index contributed by atoms with van der Waals surface area (Å²) in [4.78, 5) is 4.22. The Morgan fingerprint density at radius 1 is 1.21 bits per heavy atom. The van der Waals surface area contributed by atoms with E-state index in [0.29, 0.717) is 0 Å². The molecule has 0 fully saturated rings. The van der Waals surface area contributed by atoms with Gasteiger partial charge in [0.05, 0.1) is 0 Å². The third-order valence-electron chi connectivity index (χ3n) is 3.08. The van der Waals surface area contributed by atoms with Gasteiger partial charge >= 0.3 is 0 Å². The zero-order valence-electron chi connectivity index (χ0n) is 11.0. The van der Waals surface area contributed by atoms with Gasteiger partial charge in [0.2, 0.25) is 0 Å². The van der Waals surface area contributed by atoms with Crippen LogP contribution in [0, 0.1) is 6.92 Å². The van der Waals surface area contributed by atoms with E-state index >= 15 is 0 Å². The highest BCUT2D eigenvalue weighted by Crippen LogP contribution is 2.27. The van der Waals surface area contributed by atoms with E-state index in [0.717, 1.165) is 15.4 Å². The number of hydrogen-bond acceptors (Lipinski definition) is 2. The van der Waals surface area contributed by atoms with Crippen LogP contribution in [0.5, 0.6) is 0 Å². The van der Waals surface area contributed by atoms with Gasteiger partial charge in [0.25, 0.3) is 0 Å². The van der Waals surface area contributed by atoms with Crippen LogP contribution in [0.1, 0.15) is 22.7 Å². The first-order valence-corrected chi connectivity index (χ1v) is 7.71. The third-order valence-corrected chi connectivity index (χ3v) is 4.23. The van der Waals surface area contributed by atoms with Crippen molar-refractivity contribution in [1.82, 2.24) is 10.3 Å². The molecule has 100 valence electrons. The summed E-state index contributed by atoms with van der Waals surface area (Å²) in [5, 5.41) is 3.38. The van der Waals surface area contributed by atoms with Crippen LogP contribution in [-0.2, 0) is 6.42 Å². The summed E-state index contributed by atoms with van der Waals surface area (Å²) in [6.45, 7) is 2.11. The number of rotatable bonds is 4. The first kappa shape index (κ1) is 14.7. The highest BCUT2D eigenvalue weighted by atomic mass is 79.9. The minimum Gasteiger partial charge on any atom is -0.313 e. The number of likely N-dealkylation sites (N-methyl/N-ethyl adjacent to an activating group) is 1. The molecule has 1 aromatic carbocycles. The Bertz CT molecular complexity index is 570.